The van der Waals surface area contributed by atoms with Crippen molar-refractivity contribution in [3.63, 3.8) is 0 Å². The van der Waals surface area contributed by atoms with Crippen LogP contribution in [0, 0.1) is 13.8 Å². The van der Waals surface area contributed by atoms with E-state index in [0.29, 0.717) is 5.56 Å². The van der Waals surface area contributed by atoms with Crippen molar-refractivity contribution in [2.24, 2.45) is 5.73 Å². The Balaban J connectivity index is 0.000000237. The zero-order valence-corrected chi connectivity index (χ0v) is 20.3. The number of aldehydes is 1. The van der Waals surface area contributed by atoms with Gasteiger partial charge in [0.05, 0.1) is 11.5 Å². The number of carbonyl (C=O) groups excluding carboxylic acids is 2. The van der Waals surface area contributed by atoms with E-state index in [0.717, 1.165) is 34.2 Å². The average Bonchev–Trinajstić information content (AvgIpc) is 2.89. The first-order valence-electron chi connectivity index (χ1n) is 11.4. The summed E-state index contributed by atoms with van der Waals surface area (Å²) in [5.41, 5.74) is 11.0. The number of aromatic nitrogens is 1. The predicted octanol–water partition coefficient (Wildman–Crippen LogP) is 5.18. The molecular weight excluding hydrogens is 438 g/mol. The van der Waals surface area contributed by atoms with Crippen molar-refractivity contribution < 1.29 is 14.3 Å². The van der Waals surface area contributed by atoms with Crippen LogP contribution in [0.15, 0.2) is 79.1 Å². The van der Waals surface area contributed by atoms with E-state index >= 15 is 0 Å². The van der Waals surface area contributed by atoms with Crippen LogP contribution in [0.4, 0.5) is 5.69 Å². The van der Waals surface area contributed by atoms with Gasteiger partial charge in [0, 0.05) is 37.1 Å². The maximum atomic E-state index is 12.1. The molecule has 1 atom stereocenters. The summed E-state index contributed by atoms with van der Waals surface area (Å²) in [6.45, 7) is 4.35. The van der Waals surface area contributed by atoms with E-state index in [1.807, 2.05) is 81.8 Å². The van der Waals surface area contributed by atoms with Gasteiger partial charge in [-0.15, -0.1) is 0 Å². The molecule has 0 aliphatic carbocycles. The van der Waals surface area contributed by atoms with E-state index in [1.54, 1.807) is 6.07 Å². The van der Waals surface area contributed by atoms with Crippen LogP contribution in [0.25, 0.3) is 10.8 Å². The number of fused-ring (bicyclic) bond motifs is 1. The van der Waals surface area contributed by atoms with Gasteiger partial charge in [-0.2, -0.15) is 0 Å². The molecule has 3 N–H and O–H groups in total. The molecule has 0 fully saturated rings. The number of benzene rings is 3. The van der Waals surface area contributed by atoms with Gasteiger partial charge < -0.3 is 20.6 Å². The van der Waals surface area contributed by atoms with E-state index in [9.17, 15) is 9.59 Å². The molecule has 6 heteroatoms. The normalized spacial score (nSPS) is 11.2. The highest BCUT2D eigenvalue weighted by Gasteiger charge is 2.11. The zero-order chi connectivity index (χ0) is 25.2. The molecule has 1 unspecified atom stereocenters. The Morgan fingerprint density at radius 2 is 1.80 bits per heavy atom. The lowest BCUT2D eigenvalue weighted by Gasteiger charge is -2.10. The van der Waals surface area contributed by atoms with E-state index in [1.165, 1.54) is 10.8 Å². The lowest BCUT2D eigenvalue weighted by molar-refractivity contribution is -0.108. The van der Waals surface area contributed by atoms with Crippen molar-refractivity contribution >= 4 is 28.7 Å². The summed E-state index contributed by atoms with van der Waals surface area (Å²) in [6.07, 6.45) is 4.52. The molecule has 6 nitrogen and oxygen atoms in total. The fourth-order valence-electron chi connectivity index (χ4n) is 3.64. The minimum absolute atomic E-state index is 0.195. The Kier molecular flexibility index (Phi) is 9.09. The van der Waals surface area contributed by atoms with Crippen molar-refractivity contribution in [2.75, 3.05) is 18.9 Å². The van der Waals surface area contributed by atoms with Gasteiger partial charge in [-0.25, -0.2) is 4.79 Å². The molecule has 0 bridgehead atoms. The van der Waals surface area contributed by atoms with Gasteiger partial charge in [0.25, 0.3) is 0 Å². The molecule has 0 saturated carbocycles. The second-order valence-corrected chi connectivity index (χ2v) is 8.30. The average molecular weight is 470 g/mol. The number of rotatable bonds is 7. The van der Waals surface area contributed by atoms with E-state index in [4.69, 9.17) is 10.5 Å². The molecule has 180 valence electrons. The fraction of sp³-hybridized carbons (Fsp3) is 0.207. The first kappa shape index (κ1) is 25.6. The van der Waals surface area contributed by atoms with Crippen LogP contribution in [-0.4, -0.2) is 30.8 Å². The van der Waals surface area contributed by atoms with Gasteiger partial charge in [-0.05, 0) is 60.2 Å². The molecule has 0 amide bonds. The lowest BCUT2D eigenvalue weighted by Crippen LogP contribution is -2.13. The number of nitrogens with two attached hydrogens (primary N) is 1. The van der Waals surface area contributed by atoms with Crippen LogP contribution in [0.5, 0.6) is 0 Å². The molecule has 0 spiro atoms. The Morgan fingerprint density at radius 1 is 1.03 bits per heavy atom. The lowest BCUT2D eigenvalue weighted by atomic mass is 10.00. The molecule has 1 aromatic heterocycles. The largest absolute Gasteiger partial charge is 0.457 e. The van der Waals surface area contributed by atoms with Gasteiger partial charge in [-0.1, -0.05) is 48.0 Å². The van der Waals surface area contributed by atoms with E-state index in [2.05, 4.69) is 22.4 Å². The SMILES string of the molecule is CNc1ccc2cnccc2c1.Cc1ccc(C(=O)OCc2ccc(C(C=O)CN)cc2)c(C)c1. The molecule has 4 aromatic rings. The third-order valence-electron chi connectivity index (χ3n) is 5.73. The number of aryl methyl sites for hydroxylation is 2. The van der Waals surface area contributed by atoms with Gasteiger partial charge >= 0.3 is 5.97 Å². The van der Waals surface area contributed by atoms with Crippen molar-refractivity contribution in [3.05, 3.63) is 107 Å². The summed E-state index contributed by atoms with van der Waals surface area (Å²) < 4.78 is 5.35. The third kappa shape index (κ3) is 6.98. The predicted molar refractivity (Wildman–Crippen MR) is 141 cm³/mol. The van der Waals surface area contributed by atoms with E-state index < -0.39 is 0 Å². The highest BCUT2D eigenvalue weighted by Crippen LogP contribution is 2.17. The monoisotopic (exact) mass is 469 g/mol. The van der Waals surface area contributed by atoms with Crippen LogP contribution < -0.4 is 11.1 Å². The molecule has 0 radical (unpaired) electrons. The van der Waals surface area contributed by atoms with Crippen LogP contribution in [0.1, 0.15) is 38.5 Å². The summed E-state index contributed by atoms with van der Waals surface area (Å²) in [5, 5.41) is 5.50. The molecule has 0 aliphatic heterocycles. The minimum atomic E-state index is -0.334. The first-order valence-corrected chi connectivity index (χ1v) is 11.4. The van der Waals surface area contributed by atoms with Crippen LogP contribution in [0.2, 0.25) is 0 Å². The molecule has 1 heterocycles. The number of hydrogen-bond acceptors (Lipinski definition) is 6. The number of hydrogen-bond donors (Lipinski definition) is 2. The molecule has 0 aliphatic rings. The van der Waals surface area contributed by atoms with E-state index in [-0.39, 0.29) is 25.0 Å². The van der Waals surface area contributed by atoms with Crippen molar-refractivity contribution in [1.82, 2.24) is 4.98 Å². The molecule has 4 rings (SSSR count). The summed E-state index contributed by atoms with van der Waals surface area (Å²) >= 11 is 0. The summed E-state index contributed by atoms with van der Waals surface area (Å²) in [6, 6.07) is 21.2. The molecule has 3 aromatic carbocycles. The number of carbonyl (C=O) groups is 2. The topological polar surface area (TPSA) is 94.3 Å². The number of ether oxygens (including phenoxy) is 1. The molecule has 0 saturated heterocycles. The number of anilines is 1. The second-order valence-electron chi connectivity index (χ2n) is 8.30. The Hall–Kier alpha value is -4.03. The maximum absolute atomic E-state index is 12.1. The van der Waals surface area contributed by atoms with Crippen LogP contribution >= 0.6 is 0 Å². The Labute approximate surface area is 206 Å². The molecule has 35 heavy (non-hydrogen) atoms. The Bertz CT molecular complexity index is 1290. The smallest absolute Gasteiger partial charge is 0.338 e. The van der Waals surface area contributed by atoms with Crippen molar-refractivity contribution in [3.8, 4) is 0 Å². The highest BCUT2D eigenvalue weighted by molar-refractivity contribution is 5.91. The summed E-state index contributed by atoms with van der Waals surface area (Å²) in [5.74, 6) is -0.624. The first-order chi connectivity index (χ1) is 16.9. The third-order valence-corrected chi connectivity index (χ3v) is 5.73. The van der Waals surface area contributed by atoms with Crippen LogP contribution in [0.3, 0.4) is 0 Å². The van der Waals surface area contributed by atoms with Crippen LogP contribution in [-0.2, 0) is 16.1 Å². The highest BCUT2D eigenvalue weighted by atomic mass is 16.5. The van der Waals surface area contributed by atoms with Gasteiger partial charge in [0.15, 0.2) is 0 Å². The number of pyridine rings is 1. The quantitative estimate of drug-likeness (QED) is 0.286. The van der Waals surface area contributed by atoms with Gasteiger partial charge in [0.2, 0.25) is 0 Å². The Morgan fingerprint density at radius 3 is 2.46 bits per heavy atom. The summed E-state index contributed by atoms with van der Waals surface area (Å²) in [4.78, 5) is 27.1. The minimum Gasteiger partial charge on any atom is -0.457 e. The van der Waals surface area contributed by atoms with Gasteiger partial charge in [-0.3, -0.25) is 4.98 Å². The number of esters is 1. The summed E-state index contributed by atoms with van der Waals surface area (Å²) in [7, 11) is 1.92. The standard InChI is InChI=1S/C19H21NO3.C10H10N2/c1-13-3-8-18(14(2)9-13)19(22)23-12-15-4-6-16(7-5-15)17(10-20)11-21;1-11-10-3-2-9-7-12-5-4-8(9)6-10/h3-9,11,17H,10,12,20H2,1-2H3;2-7,11H,1H3. The fourth-order valence-corrected chi connectivity index (χ4v) is 3.64. The second kappa shape index (κ2) is 12.4. The number of nitrogens with one attached hydrogen (secondary N) is 1. The van der Waals surface area contributed by atoms with Gasteiger partial charge in [0.1, 0.15) is 12.9 Å². The zero-order valence-electron chi connectivity index (χ0n) is 20.3. The maximum Gasteiger partial charge on any atom is 0.338 e. The number of nitrogens with zero attached hydrogens (tertiary/aromatic N) is 1. The molecular formula is C29H31N3O3. The van der Waals surface area contributed by atoms with Crippen molar-refractivity contribution in [2.45, 2.75) is 26.4 Å². The van der Waals surface area contributed by atoms with Crippen molar-refractivity contribution in [1.29, 1.82) is 0 Å².